The second kappa shape index (κ2) is 6.67. The van der Waals surface area contributed by atoms with Gasteiger partial charge in [0, 0.05) is 38.2 Å². The summed E-state index contributed by atoms with van der Waals surface area (Å²) in [4.78, 5) is 14.5. The van der Waals surface area contributed by atoms with Crippen molar-refractivity contribution in [3.8, 4) is 0 Å². The van der Waals surface area contributed by atoms with Crippen LogP contribution in [0.1, 0.15) is 36.0 Å². The van der Waals surface area contributed by atoms with Crippen LogP contribution in [0.25, 0.3) is 0 Å². The normalized spacial score (nSPS) is 26.3. The van der Waals surface area contributed by atoms with Crippen molar-refractivity contribution in [2.24, 2.45) is 5.92 Å². The van der Waals surface area contributed by atoms with Crippen LogP contribution in [0, 0.1) is 11.7 Å². The molecule has 2 saturated heterocycles. The molecule has 0 N–H and O–H groups in total. The lowest BCUT2D eigenvalue weighted by Gasteiger charge is -2.41. The van der Waals surface area contributed by atoms with Crippen molar-refractivity contribution in [1.82, 2.24) is 4.90 Å². The molecule has 0 radical (unpaired) electrons. The number of Topliss-reactive ketones (excluding diaryl/α,β-unsaturated/α-hetero) is 1. The second-order valence-electron chi connectivity index (χ2n) is 6.08. The van der Waals surface area contributed by atoms with Gasteiger partial charge in [-0.1, -0.05) is 0 Å². The van der Waals surface area contributed by atoms with Crippen LogP contribution in [0.4, 0.5) is 4.39 Å². The molecule has 114 valence electrons. The molecule has 21 heavy (non-hydrogen) atoms. The molecular formula is C17H22FNO2. The van der Waals surface area contributed by atoms with Crippen LogP contribution >= 0.6 is 0 Å². The van der Waals surface area contributed by atoms with Gasteiger partial charge < -0.3 is 9.64 Å². The lowest BCUT2D eigenvalue weighted by Crippen LogP contribution is -2.46. The zero-order chi connectivity index (χ0) is 14.7. The summed E-state index contributed by atoms with van der Waals surface area (Å²) in [6.45, 7) is 3.75. The molecule has 2 aliphatic heterocycles. The maximum atomic E-state index is 12.9. The Hall–Kier alpha value is -1.26. The Kier molecular flexibility index (Phi) is 4.66. The Balaban J connectivity index is 1.48. The Morgan fingerprint density at radius 3 is 2.90 bits per heavy atom. The number of carbonyl (C=O) groups is 1. The van der Waals surface area contributed by atoms with E-state index in [2.05, 4.69) is 4.90 Å². The monoisotopic (exact) mass is 291 g/mol. The quantitative estimate of drug-likeness (QED) is 0.799. The topological polar surface area (TPSA) is 29.5 Å². The molecule has 1 aromatic rings. The van der Waals surface area contributed by atoms with Gasteiger partial charge >= 0.3 is 0 Å². The van der Waals surface area contributed by atoms with E-state index < -0.39 is 0 Å². The Bertz CT molecular complexity index is 488. The van der Waals surface area contributed by atoms with Gasteiger partial charge in [0.1, 0.15) is 5.82 Å². The number of rotatable bonds is 4. The maximum absolute atomic E-state index is 12.9. The molecule has 1 aromatic carbocycles. The Morgan fingerprint density at radius 1 is 1.29 bits per heavy atom. The highest BCUT2D eigenvalue weighted by atomic mass is 19.1. The highest BCUT2D eigenvalue weighted by Gasteiger charge is 2.31. The van der Waals surface area contributed by atoms with E-state index in [1.54, 1.807) is 12.1 Å². The van der Waals surface area contributed by atoms with Crippen LogP contribution < -0.4 is 0 Å². The van der Waals surface area contributed by atoms with Gasteiger partial charge in [0.25, 0.3) is 0 Å². The fraction of sp³-hybridized carbons (Fsp3) is 0.588. The van der Waals surface area contributed by atoms with Gasteiger partial charge in [-0.15, -0.1) is 0 Å². The van der Waals surface area contributed by atoms with Crippen molar-refractivity contribution in [1.29, 1.82) is 0 Å². The van der Waals surface area contributed by atoms with Gasteiger partial charge in [-0.25, -0.2) is 4.39 Å². The van der Waals surface area contributed by atoms with Gasteiger partial charge in [0.15, 0.2) is 5.78 Å². The average molecular weight is 291 g/mol. The number of halogens is 1. The van der Waals surface area contributed by atoms with Crippen molar-refractivity contribution in [2.75, 3.05) is 26.2 Å². The molecular weight excluding hydrogens is 269 g/mol. The molecule has 2 unspecified atom stereocenters. The molecule has 0 saturated carbocycles. The minimum absolute atomic E-state index is 0.0945. The lowest BCUT2D eigenvalue weighted by atomic mass is 9.88. The number of carbonyl (C=O) groups excluding carboxylic acids is 1. The number of hydrogen-bond donors (Lipinski definition) is 0. The molecule has 3 rings (SSSR count). The standard InChI is InChI=1S/C17H22FNO2/c18-15-5-3-13(4-6-15)16(20)7-9-19-10-8-17-14(12-19)2-1-11-21-17/h3-6,14,17H,1-2,7-12H2. The molecule has 2 atom stereocenters. The molecule has 2 aliphatic rings. The summed E-state index contributed by atoms with van der Waals surface area (Å²) < 4.78 is 18.7. The molecule has 0 amide bonds. The Labute approximate surface area is 125 Å². The molecule has 3 nitrogen and oxygen atoms in total. The predicted molar refractivity (Wildman–Crippen MR) is 78.9 cm³/mol. The fourth-order valence-corrected chi connectivity index (χ4v) is 3.41. The lowest BCUT2D eigenvalue weighted by molar-refractivity contribution is -0.0658. The van der Waals surface area contributed by atoms with E-state index in [1.165, 1.54) is 18.6 Å². The van der Waals surface area contributed by atoms with Crippen LogP contribution in [0.2, 0.25) is 0 Å². The van der Waals surface area contributed by atoms with Crippen molar-refractivity contribution < 1.29 is 13.9 Å². The summed E-state index contributed by atoms with van der Waals surface area (Å²) in [7, 11) is 0. The molecule has 2 fully saturated rings. The third-order valence-corrected chi connectivity index (χ3v) is 4.62. The number of piperidine rings is 1. The first-order valence-electron chi connectivity index (χ1n) is 7.85. The highest BCUT2D eigenvalue weighted by molar-refractivity contribution is 5.96. The summed E-state index contributed by atoms with van der Waals surface area (Å²) in [5.41, 5.74) is 0.604. The number of fused-ring (bicyclic) bond motifs is 1. The van der Waals surface area contributed by atoms with Gasteiger partial charge in [-0.05, 0) is 49.4 Å². The predicted octanol–water partition coefficient (Wildman–Crippen LogP) is 2.90. The summed E-state index contributed by atoms with van der Waals surface area (Å²) in [6, 6.07) is 5.83. The van der Waals surface area contributed by atoms with E-state index in [4.69, 9.17) is 4.74 Å². The first-order chi connectivity index (χ1) is 10.2. The number of ether oxygens (including phenoxy) is 1. The minimum atomic E-state index is -0.300. The van der Waals surface area contributed by atoms with E-state index in [-0.39, 0.29) is 11.6 Å². The van der Waals surface area contributed by atoms with Gasteiger partial charge in [-0.2, -0.15) is 0 Å². The molecule has 4 heteroatoms. The smallest absolute Gasteiger partial charge is 0.164 e. The van der Waals surface area contributed by atoms with Crippen LogP contribution in [0.3, 0.4) is 0 Å². The summed E-state index contributed by atoms with van der Waals surface area (Å²) in [6.07, 6.45) is 4.42. The number of benzene rings is 1. The number of nitrogens with zero attached hydrogens (tertiary/aromatic N) is 1. The van der Waals surface area contributed by atoms with Gasteiger partial charge in [0.2, 0.25) is 0 Å². The SMILES string of the molecule is O=C(CCN1CCC2OCCCC2C1)c1ccc(F)cc1. The molecule has 0 aliphatic carbocycles. The third-order valence-electron chi connectivity index (χ3n) is 4.62. The first kappa shape index (κ1) is 14.7. The van der Waals surface area contributed by atoms with E-state index in [9.17, 15) is 9.18 Å². The average Bonchev–Trinajstić information content (AvgIpc) is 2.53. The number of likely N-dealkylation sites (tertiary alicyclic amines) is 1. The van der Waals surface area contributed by atoms with E-state index in [1.807, 2.05) is 0 Å². The minimum Gasteiger partial charge on any atom is -0.378 e. The maximum Gasteiger partial charge on any atom is 0.164 e. The zero-order valence-corrected chi connectivity index (χ0v) is 12.3. The van der Waals surface area contributed by atoms with Crippen molar-refractivity contribution in [3.05, 3.63) is 35.6 Å². The summed E-state index contributed by atoms with van der Waals surface area (Å²) in [5.74, 6) is 0.427. The number of ketones is 1. The highest BCUT2D eigenvalue weighted by Crippen LogP contribution is 2.28. The van der Waals surface area contributed by atoms with Crippen LogP contribution in [0.15, 0.2) is 24.3 Å². The molecule has 2 heterocycles. The fourth-order valence-electron chi connectivity index (χ4n) is 3.41. The molecule has 0 aromatic heterocycles. The summed E-state index contributed by atoms with van der Waals surface area (Å²) in [5, 5.41) is 0. The Morgan fingerprint density at radius 2 is 2.10 bits per heavy atom. The van der Waals surface area contributed by atoms with Gasteiger partial charge in [0.05, 0.1) is 6.10 Å². The van der Waals surface area contributed by atoms with Crippen molar-refractivity contribution in [3.63, 3.8) is 0 Å². The van der Waals surface area contributed by atoms with Crippen LogP contribution in [-0.4, -0.2) is 43.0 Å². The van der Waals surface area contributed by atoms with Gasteiger partial charge in [-0.3, -0.25) is 4.79 Å². The number of hydrogen-bond acceptors (Lipinski definition) is 3. The summed E-state index contributed by atoms with van der Waals surface area (Å²) >= 11 is 0. The first-order valence-corrected chi connectivity index (χ1v) is 7.85. The van der Waals surface area contributed by atoms with E-state index >= 15 is 0 Å². The van der Waals surface area contributed by atoms with E-state index in [0.717, 1.165) is 39.1 Å². The second-order valence-corrected chi connectivity index (χ2v) is 6.08. The van der Waals surface area contributed by atoms with E-state index in [0.29, 0.717) is 24.0 Å². The molecule has 0 spiro atoms. The van der Waals surface area contributed by atoms with Crippen molar-refractivity contribution >= 4 is 5.78 Å². The third kappa shape index (κ3) is 3.69. The largest absolute Gasteiger partial charge is 0.378 e. The molecule has 0 bridgehead atoms. The van der Waals surface area contributed by atoms with Crippen molar-refractivity contribution in [2.45, 2.75) is 31.8 Å². The zero-order valence-electron chi connectivity index (χ0n) is 12.3. The van der Waals surface area contributed by atoms with Crippen LogP contribution in [0.5, 0.6) is 0 Å². The van der Waals surface area contributed by atoms with Crippen LogP contribution in [-0.2, 0) is 4.74 Å².